The topological polar surface area (TPSA) is 74.8 Å². The second kappa shape index (κ2) is 10.6. The number of aryl methyl sites for hydroxylation is 1. The van der Waals surface area contributed by atoms with Crippen molar-refractivity contribution in [2.75, 3.05) is 18.0 Å². The molecule has 0 radical (unpaired) electrons. The smallest absolute Gasteiger partial charge is 0.372 e. The average molecular weight is 445 g/mol. The molecule has 7 heteroatoms. The minimum absolute atomic E-state index is 0.306. The number of rotatable bonds is 6. The predicted octanol–water partition coefficient (Wildman–Crippen LogP) is 4.47. The number of hydrogen-bond donors (Lipinski definition) is 1. The lowest BCUT2D eigenvalue weighted by molar-refractivity contribution is 0.0396. The molecule has 0 aliphatic carbocycles. The van der Waals surface area contributed by atoms with E-state index in [1.54, 1.807) is 12.4 Å². The number of nitrogens with zero attached hydrogens (tertiary/aromatic N) is 3. The number of anilines is 1. The van der Waals surface area contributed by atoms with E-state index in [4.69, 9.17) is 4.84 Å². The largest absolute Gasteiger partial charge is 0.434 e. The van der Waals surface area contributed by atoms with Gasteiger partial charge in [-0.3, -0.25) is 14.7 Å². The molecule has 2 amide bonds. The molecule has 4 rings (SSSR count). The van der Waals surface area contributed by atoms with E-state index in [1.165, 1.54) is 4.90 Å². The summed E-state index contributed by atoms with van der Waals surface area (Å²) in [4.78, 5) is 38.9. The van der Waals surface area contributed by atoms with E-state index in [1.807, 2.05) is 67.6 Å². The van der Waals surface area contributed by atoms with Crippen LogP contribution < -0.4 is 10.4 Å². The quantitative estimate of drug-likeness (QED) is 0.568. The molecule has 3 aromatic rings. The molecule has 1 aromatic heterocycles. The van der Waals surface area contributed by atoms with Gasteiger partial charge in [-0.05, 0) is 54.7 Å². The molecule has 33 heavy (non-hydrogen) atoms. The van der Waals surface area contributed by atoms with Crippen LogP contribution in [0, 0.1) is 6.92 Å². The Morgan fingerprint density at radius 2 is 1.73 bits per heavy atom. The predicted molar refractivity (Wildman–Crippen MR) is 126 cm³/mol. The van der Waals surface area contributed by atoms with Crippen molar-refractivity contribution < 1.29 is 14.4 Å². The normalized spacial score (nSPS) is 12.9. The molecular weight excluding hydrogens is 416 g/mol. The monoisotopic (exact) mass is 444 g/mol. The maximum atomic E-state index is 12.9. The molecule has 2 heterocycles. The summed E-state index contributed by atoms with van der Waals surface area (Å²) in [5.41, 5.74) is 6.50. The van der Waals surface area contributed by atoms with Crippen LogP contribution in [0.5, 0.6) is 0 Å². The fourth-order valence-electron chi connectivity index (χ4n) is 3.94. The fourth-order valence-corrected chi connectivity index (χ4v) is 3.94. The summed E-state index contributed by atoms with van der Waals surface area (Å²) < 4.78 is 0. The first-order chi connectivity index (χ1) is 16.1. The number of hydroxylamine groups is 1. The fraction of sp³-hybridized carbons (Fsp3) is 0.269. The van der Waals surface area contributed by atoms with Gasteiger partial charge < -0.3 is 9.74 Å². The molecule has 0 atom stereocenters. The van der Waals surface area contributed by atoms with Gasteiger partial charge >= 0.3 is 6.09 Å². The molecule has 0 spiro atoms. The minimum atomic E-state index is -0.635. The molecule has 1 saturated heterocycles. The first kappa shape index (κ1) is 22.3. The maximum absolute atomic E-state index is 12.9. The zero-order chi connectivity index (χ0) is 23.0. The van der Waals surface area contributed by atoms with E-state index in [-0.39, 0.29) is 0 Å². The summed E-state index contributed by atoms with van der Waals surface area (Å²) >= 11 is 0. The molecule has 0 unspecified atom stereocenters. The van der Waals surface area contributed by atoms with E-state index >= 15 is 0 Å². The number of hydrogen-bond acceptors (Lipinski definition) is 5. The molecule has 0 saturated carbocycles. The molecular formula is C26H28N4O3. The third-order valence-corrected chi connectivity index (χ3v) is 5.74. The van der Waals surface area contributed by atoms with Gasteiger partial charge in [-0.2, -0.15) is 5.48 Å². The van der Waals surface area contributed by atoms with Crippen molar-refractivity contribution in [2.24, 2.45) is 0 Å². The van der Waals surface area contributed by atoms with E-state index < -0.39 is 12.0 Å². The molecule has 2 aromatic carbocycles. The summed E-state index contributed by atoms with van der Waals surface area (Å²) in [5.74, 6) is -0.442. The first-order valence-electron chi connectivity index (χ1n) is 11.1. The van der Waals surface area contributed by atoms with Gasteiger partial charge in [-0.25, -0.2) is 4.79 Å². The Labute approximate surface area is 194 Å². The van der Waals surface area contributed by atoms with E-state index in [9.17, 15) is 9.59 Å². The van der Waals surface area contributed by atoms with Crippen LogP contribution >= 0.6 is 0 Å². The standard InChI is InChI=1S/C26H28N4O3/c1-20-11-12-23(29-14-5-6-15-29)16-24(20)25(31)28-33-26(32)30(18-21-8-3-2-4-9-21)19-22-10-7-13-27-17-22/h2-4,7-13,16-17H,5-6,14-15,18-19H2,1H3,(H,28,31). The second-order valence-corrected chi connectivity index (χ2v) is 8.20. The van der Waals surface area contributed by atoms with Crippen LogP contribution in [-0.2, 0) is 17.9 Å². The minimum Gasteiger partial charge on any atom is -0.372 e. The molecule has 1 aliphatic rings. The molecule has 7 nitrogen and oxygen atoms in total. The zero-order valence-corrected chi connectivity index (χ0v) is 18.7. The van der Waals surface area contributed by atoms with Crippen molar-refractivity contribution in [3.05, 3.63) is 95.3 Å². The van der Waals surface area contributed by atoms with E-state index in [0.29, 0.717) is 18.7 Å². The summed E-state index contributed by atoms with van der Waals surface area (Å²) in [7, 11) is 0. The summed E-state index contributed by atoms with van der Waals surface area (Å²) in [5, 5.41) is 0. The molecule has 170 valence electrons. The highest BCUT2D eigenvalue weighted by Gasteiger charge is 2.20. The summed E-state index contributed by atoms with van der Waals surface area (Å²) in [6.45, 7) is 4.49. The third-order valence-electron chi connectivity index (χ3n) is 5.74. The van der Waals surface area contributed by atoms with Crippen LogP contribution in [0.2, 0.25) is 0 Å². The van der Waals surface area contributed by atoms with Crippen LogP contribution in [0.15, 0.2) is 73.1 Å². The van der Waals surface area contributed by atoms with E-state index in [2.05, 4.69) is 15.4 Å². The summed E-state index contributed by atoms with van der Waals surface area (Å²) in [6.07, 6.45) is 5.06. The van der Waals surface area contributed by atoms with Crippen molar-refractivity contribution in [1.82, 2.24) is 15.4 Å². The second-order valence-electron chi connectivity index (χ2n) is 8.20. The average Bonchev–Trinajstić information content (AvgIpc) is 3.38. The van der Waals surface area contributed by atoms with Crippen LogP contribution in [0.4, 0.5) is 10.5 Å². The SMILES string of the molecule is Cc1ccc(N2CCCC2)cc1C(=O)NOC(=O)N(Cc1ccccc1)Cc1cccnc1. The van der Waals surface area contributed by atoms with Crippen LogP contribution in [0.1, 0.15) is 39.9 Å². The van der Waals surface area contributed by atoms with Gasteiger partial charge in [0.15, 0.2) is 0 Å². The van der Waals surface area contributed by atoms with Gasteiger partial charge in [0.1, 0.15) is 0 Å². The van der Waals surface area contributed by atoms with Crippen LogP contribution in [-0.4, -0.2) is 35.0 Å². The number of amides is 2. The number of carbonyl (C=O) groups excluding carboxylic acids is 2. The molecule has 1 N–H and O–H groups in total. The Hall–Kier alpha value is -3.87. The lowest BCUT2D eigenvalue weighted by Gasteiger charge is -2.22. The Kier molecular flexibility index (Phi) is 7.19. The molecule has 0 bridgehead atoms. The highest BCUT2D eigenvalue weighted by molar-refractivity contribution is 5.96. The first-order valence-corrected chi connectivity index (χ1v) is 11.1. The Morgan fingerprint density at radius 3 is 2.45 bits per heavy atom. The van der Waals surface area contributed by atoms with Gasteiger partial charge in [-0.15, -0.1) is 0 Å². The van der Waals surface area contributed by atoms with E-state index in [0.717, 1.165) is 48.3 Å². The van der Waals surface area contributed by atoms with Crippen molar-refractivity contribution in [2.45, 2.75) is 32.9 Å². The van der Waals surface area contributed by atoms with Crippen molar-refractivity contribution in [1.29, 1.82) is 0 Å². The summed E-state index contributed by atoms with van der Waals surface area (Å²) in [6, 6.07) is 19.2. The Morgan fingerprint density at radius 1 is 1.00 bits per heavy atom. The number of carbonyl (C=O) groups is 2. The van der Waals surface area contributed by atoms with Crippen molar-refractivity contribution >= 4 is 17.7 Å². The van der Waals surface area contributed by atoms with Gasteiger partial charge in [0.2, 0.25) is 0 Å². The van der Waals surface area contributed by atoms with Gasteiger partial charge in [0, 0.05) is 43.3 Å². The number of pyridine rings is 1. The highest BCUT2D eigenvalue weighted by Crippen LogP contribution is 2.23. The number of aromatic nitrogens is 1. The molecule has 1 fully saturated rings. The van der Waals surface area contributed by atoms with Gasteiger partial charge in [-0.1, -0.05) is 42.5 Å². The Bertz CT molecular complexity index is 1040. The van der Waals surface area contributed by atoms with Crippen molar-refractivity contribution in [3.8, 4) is 0 Å². The highest BCUT2D eigenvalue weighted by atomic mass is 16.7. The van der Waals surface area contributed by atoms with Gasteiger partial charge in [0.05, 0.1) is 6.54 Å². The van der Waals surface area contributed by atoms with Crippen LogP contribution in [0.25, 0.3) is 0 Å². The number of nitrogens with one attached hydrogen (secondary N) is 1. The lowest BCUT2D eigenvalue weighted by atomic mass is 10.1. The maximum Gasteiger partial charge on any atom is 0.434 e. The molecule has 1 aliphatic heterocycles. The lowest BCUT2D eigenvalue weighted by Crippen LogP contribution is -2.37. The van der Waals surface area contributed by atoms with Crippen LogP contribution in [0.3, 0.4) is 0 Å². The van der Waals surface area contributed by atoms with Crippen molar-refractivity contribution in [3.63, 3.8) is 0 Å². The number of benzene rings is 2. The van der Waals surface area contributed by atoms with Gasteiger partial charge in [0.25, 0.3) is 5.91 Å². The Balaban J connectivity index is 1.44. The third kappa shape index (κ3) is 5.88. The zero-order valence-electron chi connectivity index (χ0n) is 18.7.